The first kappa shape index (κ1) is 15.1. The minimum absolute atomic E-state index is 0.0487. The molecule has 0 fully saturated rings. The van der Waals surface area contributed by atoms with Crippen molar-refractivity contribution in [3.8, 4) is 0 Å². The van der Waals surface area contributed by atoms with Crippen molar-refractivity contribution in [3.63, 3.8) is 0 Å². The number of nitrogens with zero attached hydrogens (tertiary/aromatic N) is 2. The van der Waals surface area contributed by atoms with E-state index in [9.17, 15) is 4.79 Å². The minimum atomic E-state index is -0.0487. The summed E-state index contributed by atoms with van der Waals surface area (Å²) in [7, 11) is 0. The van der Waals surface area contributed by atoms with Crippen molar-refractivity contribution in [2.45, 2.75) is 26.3 Å². The highest BCUT2D eigenvalue weighted by molar-refractivity contribution is 5.89. The summed E-state index contributed by atoms with van der Waals surface area (Å²) >= 11 is 0. The number of carbonyl (C=O) groups excluding carboxylic acids is 1. The monoisotopic (exact) mass is 309 g/mol. The number of hydrogen-bond acceptors (Lipinski definition) is 3. The van der Waals surface area contributed by atoms with Gasteiger partial charge in [0, 0.05) is 18.9 Å². The molecular formula is C18H19N3O2. The van der Waals surface area contributed by atoms with Crippen LogP contribution in [0.2, 0.25) is 0 Å². The van der Waals surface area contributed by atoms with E-state index in [0.29, 0.717) is 25.2 Å². The van der Waals surface area contributed by atoms with Gasteiger partial charge in [-0.05, 0) is 24.6 Å². The quantitative estimate of drug-likeness (QED) is 0.759. The highest BCUT2D eigenvalue weighted by Crippen LogP contribution is 2.12. The molecule has 1 N–H and O–H groups in total. The van der Waals surface area contributed by atoms with Crippen LogP contribution in [-0.2, 0) is 17.8 Å². The van der Waals surface area contributed by atoms with Crippen LogP contribution in [0, 0.1) is 6.92 Å². The van der Waals surface area contributed by atoms with Crippen LogP contribution < -0.4 is 5.32 Å². The first-order valence-electron chi connectivity index (χ1n) is 7.60. The number of nitrogens with one attached hydrogen (secondary N) is 1. The molecule has 2 aromatic heterocycles. The van der Waals surface area contributed by atoms with Gasteiger partial charge in [0.05, 0.1) is 19.0 Å². The van der Waals surface area contributed by atoms with Gasteiger partial charge in [-0.1, -0.05) is 29.8 Å². The number of aryl methyl sites for hydroxylation is 2. The summed E-state index contributed by atoms with van der Waals surface area (Å²) in [5, 5.41) is 7.20. The summed E-state index contributed by atoms with van der Waals surface area (Å²) in [6, 6.07) is 13.8. The van der Waals surface area contributed by atoms with Gasteiger partial charge in [0.1, 0.15) is 11.6 Å². The van der Waals surface area contributed by atoms with E-state index in [2.05, 4.69) is 35.5 Å². The van der Waals surface area contributed by atoms with Gasteiger partial charge in [-0.3, -0.25) is 4.79 Å². The first-order chi connectivity index (χ1) is 11.2. The number of hydrogen-bond donors (Lipinski definition) is 1. The third-order valence-electron chi connectivity index (χ3n) is 3.58. The lowest BCUT2D eigenvalue weighted by molar-refractivity contribution is -0.116. The fourth-order valence-electron chi connectivity index (χ4n) is 2.45. The van der Waals surface area contributed by atoms with Crippen molar-refractivity contribution < 1.29 is 9.21 Å². The third-order valence-corrected chi connectivity index (χ3v) is 3.58. The number of furan rings is 1. The topological polar surface area (TPSA) is 60.1 Å². The Morgan fingerprint density at radius 1 is 1.26 bits per heavy atom. The minimum Gasteiger partial charge on any atom is -0.469 e. The van der Waals surface area contributed by atoms with Crippen LogP contribution >= 0.6 is 0 Å². The summed E-state index contributed by atoms with van der Waals surface area (Å²) in [5.41, 5.74) is 2.36. The SMILES string of the molecule is Cc1cccc(Cn2nccc2NC(=O)CCc2ccco2)c1. The van der Waals surface area contributed by atoms with Gasteiger partial charge >= 0.3 is 0 Å². The van der Waals surface area contributed by atoms with E-state index in [1.807, 2.05) is 18.2 Å². The second kappa shape index (κ2) is 6.96. The molecule has 0 atom stereocenters. The van der Waals surface area contributed by atoms with Crippen LogP contribution in [0.3, 0.4) is 0 Å². The molecule has 3 rings (SSSR count). The Labute approximate surface area is 134 Å². The average molecular weight is 309 g/mol. The predicted molar refractivity (Wildman–Crippen MR) is 88.2 cm³/mol. The zero-order valence-electron chi connectivity index (χ0n) is 13.0. The Bertz CT molecular complexity index is 775. The second-order valence-electron chi connectivity index (χ2n) is 5.49. The Kier molecular flexibility index (Phi) is 4.57. The summed E-state index contributed by atoms with van der Waals surface area (Å²) in [5.74, 6) is 1.47. The van der Waals surface area contributed by atoms with Gasteiger partial charge in [0.2, 0.25) is 5.91 Å². The zero-order valence-corrected chi connectivity index (χ0v) is 13.0. The van der Waals surface area contributed by atoms with Crippen molar-refractivity contribution in [1.29, 1.82) is 0 Å². The summed E-state index contributed by atoms with van der Waals surface area (Å²) in [4.78, 5) is 12.1. The lowest BCUT2D eigenvalue weighted by atomic mass is 10.1. The molecule has 0 aliphatic heterocycles. The molecule has 3 aromatic rings. The molecule has 2 heterocycles. The fourth-order valence-corrected chi connectivity index (χ4v) is 2.45. The maximum absolute atomic E-state index is 12.1. The number of amides is 1. The fraction of sp³-hybridized carbons (Fsp3) is 0.222. The van der Waals surface area contributed by atoms with E-state index in [1.165, 1.54) is 5.56 Å². The van der Waals surface area contributed by atoms with Gasteiger partial charge in [-0.25, -0.2) is 4.68 Å². The molecule has 23 heavy (non-hydrogen) atoms. The maximum atomic E-state index is 12.1. The van der Waals surface area contributed by atoms with Crippen LogP contribution in [0.1, 0.15) is 23.3 Å². The van der Waals surface area contributed by atoms with E-state index in [4.69, 9.17) is 4.42 Å². The van der Waals surface area contributed by atoms with E-state index in [1.54, 1.807) is 23.2 Å². The number of rotatable bonds is 6. The van der Waals surface area contributed by atoms with Gasteiger partial charge < -0.3 is 9.73 Å². The largest absolute Gasteiger partial charge is 0.469 e. The standard InChI is InChI=1S/C18H19N3O2/c1-14-4-2-5-15(12-14)13-21-17(9-10-19-21)20-18(22)8-7-16-6-3-11-23-16/h2-6,9-12H,7-8,13H2,1H3,(H,20,22). The van der Waals surface area contributed by atoms with Crippen LogP contribution in [0.5, 0.6) is 0 Å². The molecule has 1 amide bonds. The second-order valence-corrected chi connectivity index (χ2v) is 5.49. The van der Waals surface area contributed by atoms with Crippen LogP contribution in [0.15, 0.2) is 59.3 Å². The number of aromatic nitrogens is 2. The van der Waals surface area contributed by atoms with Crippen LogP contribution in [0.4, 0.5) is 5.82 Å². The first-order valence-corrected chi connectivity index (χ1v) is 7.60. The summed E-state index contributed by atoms with van der Waals surface area (Å²) in [6.07, 6.45) is 4.27. The lowest BCUT2D eigenvalue weighted by Crippen LogP contribution is -2.16. The average Bonchev–Trinajstić information content (AvgIpc) is 3.18. The molecule has 0 bridgehead atoms. The molecule has 5 heteroatoms. The van der Waals surface area contributed by atoms with Crippen molar-refractivity contribution in [2.75, 3.05) is 5.32 Å². The van der Waals surface area contributed by atoms with Gasteiger partial charge in [-0.15, -0.1) is 0 Å². The summed E-state index contributed by atoms with van der Waals surface area (Å²) in [6.45, 7) is 2.69. The number of benzene rings is 1. The van der Waals surface area contributed by atoms with E-state index in [0.717, 1.165) is 11.3 Å². The molecule has 0 saturated heterocycles. The third kappa shape index (κ3) is 4.10. The molecule has 1 aromatic carbocycles. The molecule has 0 aliphatic rings. The zero-order chi connectivity index (χ0) is 16.1. The molecule has 0 spiro atoms. The van der Waals surface area contributed by atoms with E-state index >= 15 is 0 Å². The number of carbonyl (C=O) groups is 1. The molecular weight excluding hydrogens is 290 g/mol. The Hall–Kier alpha value is -2.82. The molecule has 0 radical (unpaired) electrons. The van der Waals surface area contributed by atoms with Crippen molar-refractivity contribution >= 4 is 11.7 Å². The van der Waals surface area contributed by atoms with E-state index in [-0.39, 0.29) is 5.91 Å². The smallest absolute Gasteiger partial charge is 0.225 e. The normalized spacial score (nSPS) is 10.7. The van der Waals surface area contributed by atoms with Crippen LogP contribution in [-0.4, -0.2) is 15.7 Å². The Morgan fingerprint density at radius 2 is 2.17 bits per heavy atom. The van der Waals surface area contributed by atoms with Gasteiger partial charge in [0.15, 0.2) is 0 Å². The molecule has 5 nitrogen and oxygen atoms in total. The highest BCUT2D eigenvalue weighted by Gasteiger charge is 2.09. The maximum Gasteiger partial charge on any atom is 0.225 e. The molecule has 0 unspecified atom stereocenters. The predicted octanol–water partition coefficient (Wildman–Crippen LogP) is 3.40. The highest BCUT2D eigenvalue weighted by atomic mass is 16.3. The molecule has 0 saturated carbocycles. The van der Waals surface area contributed by atoms with Gasteiger partial charge in [-0.2, -0.15) is 5.10 Å². The molecule has 0 aliphatic carbocycles. The molecule has 118 valence electrons. The lowest BCUT2D eigenvalue weighted by Gasteiger charge is -2.09. The van der Waals surface area contributed by atoms with Crippen molar-refractivity contribution in [1.82, 2.24) is 9.78 Å². The Morgan fingerprint density at radius 3 is 2.96 bits per heavy atom. The van der Waals surface area contributed by atoms with E-state index < -0.39 is 0 Å². The van der Waals surface area contributed by atoms with Gasteiger partial charge in [0.25, 0.3) is 0 Å². The van der Waals surface area contributed by atoms with Crippen molar-refractivity contribution in [3.05, 3.63) is 71.8 Å². The van der Waals surface area contributed by atoms with Crippen molar-refractivity contribution in [2.24, 2.45) is 0 Å². The Balaban J connectivity index is 1.60. The summed E-state index contributed by atoms with van der Waals surface area (Å²) < 4.78 is 7.03. The van der Waals surface area contributed by atoms with Crippen LogP contribution in [0.25, 0.3) is 0 Å². The number of anilines is 1.